The number of carbonyl (C=O) groups excluding carboxylic acids is 2. The molecule has 2 atom stereocenters. The molecule has 63 heavy (non-hydrogen) atoms. The first kappa shape index (κ1) is 61.5. The largest absolute Gasteiger partial charge is 0.472 e. The third-order valence-corrected chi connectivity index (χ3v) is 12.8. The van der Waals surface area contributed by atoms with E-state index in [0.29, 0.717) is 6.42 Å². The fourth-order valence-corrected chi connectivity index (χ4v) is 8.61. The van der Waals surface area contributed by atoms with Crippen LogP contribution in [-0.4, -0.2) is 49.3 Å². The Bertz CT molecular complexity index is 1090. The third-order valence-electron chi connectivity index (χ3n) is 11.8. The average Bonchev–Trinajstić information content (AvgIpc) is 3.27. The van der Waals surface area contributed by atoms with Crippen molar-refractivity contribution in [2.75, 3.05) is 26.4 Å². The number of ether oxygens (including phenoxy) is 2. The Morgan fingerprint density at radius 3 is 1.24 bits per heavy atom. The molecule has 0 heterocycles. The van der Waals surface area contributed by atoms with E-state index in [1.807, 2.05) is 0 Å². The Labute approximate surface area is 389 Å². The molecule has 0 amide bonds. The van der Waals surface area contributed by atoms with Crippen LogP contribution in [0.2, 0.25) is 0 Å². The van der Waals surface area contributed by atoms with Crippen LogP contribution >= 0.6 is 7.82 Å². The second-order valence-corrected chi connectivity index (χ2v) is 19.6. The molecular weight excluding hydrogens is 810 g/mol. The molecule has 0 aliphatic rings. The van der Waals surface area contributed by atoms with Gasteiger partial charge in [-0.05, 0) is 44.9 Å². The smallest absolute Gasteiger partial charge is 0.462 e. The standard InChI is InChI=1S/C53H102NO8P/c1-3-5-7-9-11-13-15-17-19-21-23-24-25-26-28-29-31-33-35-37-39-41-43-45-52(55)59-49-51(50-61-63(57,58)60-48-47-54)62-53(56)46-44-42-40-38-36-34-32-30-27-22-20-18-16-14-12-10-8-6-4-2/h12,14,18,20,51H,3-11,13,15-17,19,21-50,54H2,1-2H3,(H,57,58)/b14-12+,20-18+/t51-/m1/s1. The van der Waals surface area contributed by atoms with Crippen molar-refractivity contribution in [2.24, 2.45) is 5.73 Å². The molecule has 0 spiro atoms. The lowest BCUT2D eigenvalue weighted by Gasteiger charge is -2.19. The summed E-state index contributed by atoms with van der Waals surface area (Å²) in [5, 5.41) is 0. The maximum atomic E-state index is 12.7. The Morgan fingerprint density at radius 2 is 0.825 bits per heavy atom. The van der Waals surface area contributed by atoms with Gasteiger partial charge in [0.05, 0.1) is 13.2 Å². The lowest BCUT2D eigenvalue weighted by molar-refractivity contribution is -0.161. The molecule has 0 aliphatic heterocycles. The summed E-state index contributed by atoms with van der Waals surface area (Å²) in [6.07, 6.45) is 56.5. The Hall–Kier alpha value is -1.51. The Balaban J connectivity index is 3.98. The van der Waals surface area contributed by atoms with Crippen molar-refractivity contribution < 1.29 is 37.6 Å². The van der Waals surface area contributed by atoms with E-state index in [2.05, 4.69) is 38.2 Å². The second kappa shape index (κ2) is 49.9. The van der Waals surface area contributed by atoms with Crippen LogP contribution in [0.25, 0.3) is 0 Å². The van der Waals surface area contributed by atoms with Gasteiger partial charge in [-0.2, -0.15) is 0 Å². The zero-order chi connectivity index (χ0) is 46.0. The zero-order valence-corrected chi connectivity index (χ0v) is 42.2. The first-order valence-corrected chi connectivity index (χ1v) is 28.3. The Kier molecular flexibility index (Phi) is 48.7. The highest BCUT2D eigenvalue weighted by molar-refractivity contribution is 7.47. The van der Waals surface area contributed by atoms with E-state index in [9.17, 15) is 19.0 Å². The number of unbranched alkanes of at least 4 members (excludes halogenated alkanes) is 34. The van der Waals surface area contributed by atoms with Crippen LogP contribution in [-0.2, 0) is 32.7 Å². The highest BCUT2D eigenvalue weighted by Gasteiger charge is 2.26. The summed E-state index contributed by atoms with van der Waals surface area (Å²) < 4.78 is 33.0. The van der Waals surface area contributed by atoms with Crippen LogP contribution in [0.4, 0.5) is 0 Å². The van der Waals surface area contributed by atoms with Gasteiger partial charge in [0.1, 0.15) is 6.61 Å². The molecule has 3 N–H and O–H groups in total. The van der Waals surface area contributed by atoms with Crippen LogP contribution in [0.1, 0.15) is 271 Å². The van der Waals surface area contributed by atoms with Crippen molar-refractivity contribution in [2.45, 2.75) is 277 Å². The first-order chi connectivity index (χ1) is 30.8. The number of esters is 2. The van der Waals surface area contributed by atoms with Crippen molar-refractivity contribution >= 4 is 19.8 Å². The van der Waals surface area contributed by atoms with E-state index in [0.717, 1.165) is 51.4 Å². The summed E-state index contributed by atoms with van der Waals surface area (Å²) >= 11 is 0. The molecule has 0 radical (unpaired) electrons. The number of phosphoric acid groups is 1. The first-order valence-electron chi connectivity index (χ1n) is 26.8. The number of nitrogens with two attached hydrogens (primary N) is 1. The van der Waals surface area contributed by atoms with Gasteiger partial charge in [-0.1, -0.05) is 237 Å². The molecule has 10 heteroatoms. The zero-order valence-electron chi connectivity index (χ0n) is 41.3. The van der Waals surface area contributed by atoms with Gasteiger partial charge >= 0.3 is 19.8 Å². The van der Waals surface area contributed by atoms with Gasteiger partial charge in [-0.15, -0.1) is 0 Å². The number of carbonyl (C=O) groups is 2. The van der Waals surface area contributed by atoms with Crippen molar-refractivity contribution in [3.63, 3.8) is 0 Å². The number of rotatable bonds is 51. The van der Waals surface area contributed by atoms with Crippen molar-refractivity contribution in [1.29, 1.82) is 0 Å². The van der Waals surface area contributed by atoms with Crippen LogP contribution < -0.4 is 5.73 Å². The van der Waals surface area contributed by atoms with Crippen LogP contribution in [0.5, 0.6) is 0 Å². The van der Waals surface area contributed by atoms with E-state index < -0.39 is 26.5 Å². The van der Waals surface area contributed by atoms with E-state index in [1.54, 1.807) is 0 Å². The summed E-state index contributed by atoms with van der Waals surface area (Å²) in [6.45, 7) is 3.76. The lowest BCUT2D eigenvalue weighted by atomic mass is 10.0. The molecule has 0 aromatic carbocycles. The van der Waals surface area contributed by atoms with Crippen LogP contribution in [0, 0.1) is 0 Å². The van der Waals surface area contributed by atoms with Gasteiger partial charge in [0, 0.05) is 19.4 Å². The topological polar surface area (TPSA) is 134 Å². The molecule has 0 fully saturated rings. The summed E-state index contributed by atoms with van der Waals surface area (Å²) in [5.41, 5.74) is 5.37. The molecule has 0 aliphatic carbocycles. The molecule has 0 aromatic heterocycles. The fraction of sp³-hybridized carbons (Fsp3) is 0.887. The summed E-state index contributed by atoms with van der Waals surface area (Å²) in [5.74, 6) is -0.818. The minimum Gasteiger partial charge on any atom is -0.462 e. The van der Waals surface area contributed by atoms with Crippen molar-refractivity contribution in [3.8, 4) is 0 Å². The monoisotopic (exact) mass is 912 g/mol. The summed E-state index contributed by atoms with van der Waals surface area (Å²) in [4.78, 5) is 35.1. The van der Waals surface area contributed by atoms with Crippen LogP contribution in [0.15, 0.2) is 24.3 Å². The SMILES string of the molecule is CCCCC/C=C/C/C=C/CCCCCCCCCCCC(=O)O[C@H](COC(=O)CCCCCCCCCCCCCCCCCCCCCCCCC)COP(=O)(O)OCCN. The van der Waals surface area contributed by atoms with E-state index in [1.165, 1.54) is 186 Å². The molecular formula is C53H102NO8P. The minimum atomic E-state index is -4.38. The number of allylic oxidation sites excluding steroid dienone is 4. The number of hydrogen-bond acceptors (Lipinski definition) is 8. The quantitative estimate of drug-likeness (QED) is 0.0265. The van der Waals surface area contributed by atoms with E-state index in [-0.39, 0.29) is 38.6 Å². The summed E-state index contributed by atoms with van der Waals surface area (Å²) in [6, 6.07) is 0. The van der Waals surface area contributed by atoms with Gasteiger partial charge in [0.2, 0.25) is 0 Å². The maximum absolute atomic E-state index is 12.7. The minimum absolute atomic E-state index is 0.0547. The van der Waals surface area contributed by atoms with Gasteiger partial charge in [0.15, 0.2) is 6.10 Å². The molecule has 0 rings (SSSR count). The van der Waals surface area contributed by atoms with Gasteiger partial charge in [-0.25, -0.2) is 4.57 Å². The normalized spacial score (nSPS) is 13.3. The maximum Gasteiger partial charge on any atom is 0.472 e. The third kappa shape index (κ3) is 49.8. The molecule has 372 valence electrons. The molecule has 9 nitrogen and oxygen atoms in total. The van der Waals surface area contributed by atoms with Gasteiger partial charge in [0.25, 0.3) is 0 Å². The molecule has 0 saturated carbocycles. The Morgan fingerprint density at radius 1 is 0.476 bits per heavy atom. The van der Waals surface area contributed by atoms with Crippen LogP contribution in [0.3, 0.4) is 0 Å². The average molecular weight is 912 g/mol. The second-order valence-electron chi connectivity index (χ2n) is 18.1. The predicted molar refractivity (Wildman–Crippen MR) is 266 cm³/mol. The highest BCUT2D eigenvalue weighted by Crippen LogP contribution is 2.43. The van der Waals surface area contributed by atoms with Crippen molar-refractivity contribution in [3.05, 3.63) is 24.3 Å². The lowest BCUT2D eigenvalue weighted by Crippen LogP contribution is -2.29. The van der Waals surface area contributed by atoms with Gasteiger partial charge in [-0.3, -0.25) is 18.6 Å². The molecule has 0 bridgehead atoms. The van der Waals surface area contributed by atoms with Gasteiger partial charge < -0.3 is 20.1 Å². The number of hydrogen-bond donors (Lipinski definition) is 2. The molecule has 0 aromatic rings. The fourth-order valence-electron chi connectivity index (χ4n) is 7.84. The number of phosphoric ester groups is 1. The van der Waals surface area contributed by atoms with Crippen molar-refractivity contribution in [1.82, 2.24) is 0 Å². The van der Waals surface area contributed by atoms with E-state index in [4.69, 9.17) is 24.3 Å². The molecule has 1 unspecified atom stereocenters. The van der Waals surface area contributed by atoms with E-state index >= 15 is 0 Å². The molecule has 0 saturated heterocycles. The highest BCUT2D eigenvalue weighted by atomic mass is 31.2. The summed E-state index contributed by atoms with van der Waals surface area (Å²) in [7, 11) is -4.38. The predicted octanol–water partition coefficient (Wildman–Crippen LogP) is 16.3.